The molecule has 0 radical (unpaired) electrons. The number of aromatic amines is 1. The van der Waals surface area contributed by atoms with Gasteiger partial charge in [0.25, 0.3) is 10.0 Å². The minimum absolute atomic E-state index is 0.136. The van der Waals surface area contributed by atoms with Crippen LogP contribution in [0, 0.1) is 6.92 Å². The van der Waals surface area contributed by atoms with E-state index >= 15 is 0 Å². The zero-order valence-corrected chi connectivity index (χ0v) is 12.0. The Morgan fingerprint density at radius 2 is 2.00 bits per heavy atom. The molecule has 0 aliphatic rings. The van der Waals surface area contributed by atoms with Gasteiger partial charge in [-0.05, 0) is 19.1 Å². The van der Waals surface area contributed by atoms with E-state index in [1.807, 2.05) is 0 Å². The first-order valence-corrected chi connectivity index (χ1v) is 7.65. The third kappa shape index (κ3) is 3.42. The molecule has 0 saturated heterocycles. The number of sulfonamides is 1. The molecule has 2 rings (SSSR count). The van der Waals surface area contributed by atoms with Crippen LogP contribution in [0.4, 0.5) is 18.9 Å². The molecule has 0 atom stereocenters. The number of halogens is 3. The number of rotatable bonds is 3. The third-order valence-electron chi connectivity index (χ3n) is 2.33. The zero-order chi connectivity index (χ0) is 15.8. The molecule has 0 aromatic carbocycles. The van der Waals surface area contributed by atoms with Crippen LogP contribution in [0.15, 0.2) is 27.3 Å². The van der Waals surface area contributed by atoms with Gasteiger partial charge in [-0.3, -0.25) is 9.52 Å². The van der Waals surface area contributed by atoms with Gasteiger partial charge in [0, 0.05) is 5.69 Å². The highest BCUT2D eigenvalue weighted by Gasteiger charge is 2.32. The monoisotopic (exact) mass is 339 g/mol. The number of hydrogen-bond acceptors (Lipinski definition) is 5. The highest BCUT2D eigenvalue weighted by atomic mass is 32.2. The molecule has 0 fully saturated rings. The van der Waals surface area contributed by atoms with Crippen molar-refractivity contribution in [2.45, 2.75) is 17.3 Å². The Bertz CT molecular complexity index is 807. The van der Waals surface area contributed by atoms with Crippen LogP contribution in [0.1, 0.15) is 11.4 Å². The number of thiazole rings is 1. The van der Waals surface area contributed by atoms with E-state index in [1.54, 1.807) is 0 Å². The standard InChI is InChI=1S/C10H8F3N3O3S2/c1-5-8(20-9(17)15-5)21(18,19)16-6-2-3-7(14-4-6)10(11,12)13/h2-4,16H,1H3,(H,15,17). The Morgan fingerprint density at radius 1 is 1.33 bits per heavy atom. The van der Waals surface area contributed by atoms with Gasteiger partial charge in [-0.1, -0.05) is 11.3 Å². The second kappa shape index (κ2) is 5.15. The number of nitrogens with one attached hydrogen (secondary N) is 2. The smallest absolute Gasteiger partial charge is 0.315 e. The fourth-order valence-electron chi connectivity index (χ4n) is 1.47. The van der Waals surface area contributed by atoms with Gasteiger partial charge in [-0.25, -0.2) is 13.4 Å². The van der Waals surface area contributed by atoms with E-state index in [0.29, 0.717) is 17.4 Å². The third-order valence-corrected chi connectivity index (χ3v) is 5.32. The lowest BCUT2D eigenvalue weighted by Crippen LogP contribution is -2.14. The maximum atomic E-state index is 12.3. The van der Waals surface area contributed by atoms with Crippen LogP contribution in [0.3, 0.4) is 0 Å². The molecular weight excluding hydrogens is 331 g/mol. The largest absolute Gasteiger partial charge is 0.433 e. The predicted octanol–water partition coefficient (Wildman–Crippen LogP) is 1.96. The van der Waals surface area contributed by atoms with Crippen molar-refractivity contribution in [3.63, 3.8) is 0 Å². The van der Waals surface area contributed by atoms with Gasteiger partial charge in [0.2, 0.25) is 0 Å². The SMILES string of the molecule is Cc1[nH]c(=O)sc1S(=O)(=O)Nc1ccc(C(F)(F)F)nc1. The highest BCUT2D eigenvalue weighted by molar-refractivity contribution is 7.94. The summed E-state index contributed by atoms with van der Waals surface area (Å²) in [7, 11) is -4.06. The highest BCUT2D eigenvalue weighted by Crippen LogP contribution is 2.28. The van der Waals surface area contributed by atoms with Crippen LogP contribution in [0.25, 0.3) is 0 Å². The first-order chi connectivity index (χ1) is 9.59. The van der Waals surface area contributed by atoms with Gasteiger partial charge in [-0.15, -0.1) is 0 Å². The average Bonchev–Trinajstić information content (AvgIpc) is 2.68. The fraction of sp³-hybridized carbons (Fsp3) is 0.200. The van der Waals surface area contributed by atoms with E-state index in [9.17, 15) is 26.4 Å². The van der Waals surface area contributed by atoms with Crippen molar-refractivity contribution in [3.8, 4) is 0 Å². The molecule has 2 aromatic rings. The summed E-state index contributed by atoms with van der Waals surface area (Å²) in [5.74, 6) is 0. The molecule has 21 heavy (non-hydrogen) atoms. The quantitative estimate of drug-likeness (QED) is 0.894. The number of pyridine rings is 1. The lowest BCUT2D eigenvalue weighted by molar-refractivity contribution is -0.141. The fourth-order valence-corrected chi connectivity index (χ4v) is 3.82. The van der Waals surface area contributed by atoms with Crippen molar-refractivity contribution in [1.82, 2.24) is 9.97 Å². The lowest BCUT2D eigenvalue weighted by atomic mass is 10.3. The molecule has 2 aromatic heterocycles. The van der Waals surface area contributed by atoms with E-state index in [-0.39, 0.29) is 15.6 Å². The van der Waals surface area contributed by atoms with E-state index in [2.05, 4.69) is 14.7 Å². The molecule has 0 aliphatic heterocycles. The maximum Gasteiger partial charge on any atom is 0.433 e. The van der Waals surface area contributed by atoms with Crippen molar-refractivity contribution in [1.29, 1.82) is 0 Å². The molecule has 0 unspecified atom stereocenters. The summed E-state index contributed by atoms with van der Waals surface area (Å²) < 4.78 is 62.9. The topological polar surface area (TPSA) is 91.9 Å². The van der Waals surface area contributed by atoms with Gasteiger partial charge in [0.1, 0.15) is 5.69 Å². The number of aromatic nitrogens is 2. The summed E-state index contributed by atoms with van der Waals surface area (Å²) in [4.78, 5) is 16.0. The maximum absolute atomic E-state index is 12.3. The lowest BCUT2D eigenvalue weighted by Gasteiger charge is -2.08. The van der Waals surface area contributed by atoms with Gasteiger partial charge in [0.05, 0.1) is 11.9 Å². The van der Waals surface area contributed by atoms with Gasteiger partial charge in [0.15, 0.2) is 4.21 Å². The predicted molar refractivity (Wildman–Crippen MR) is 69.7 cm³/mol. The molecule has 2 heterocycles. The summed E-state index contributed by atoms with van der Waals surface area (Å²) in [5, 5.41) is 0. The molecule has 2 N–H and O–H groups in total. The Hall–Kier alpha value is -1.88. The van der Waals surface area contributed by atoms with Crippen LogP contribution in [-0.4, -0.2) is 18.4 Å². The number of aryl methyl sites for hydroxylation is 1. The summed E-state index contributed by atoms with van der Waals surface area (Å²) in [6.45, 7) is 1.40. The zero-order valence-electron chi connectivity index (χ0n) is 10.4. The molecule has 0 spiro atoms. The van der Waals surface area contributed by atoms with Crippen molar-refractivity contribution in [2.75, 3.05) is 4.72 Å². The second-order valence-electron chi connectivity index (χ2n) is 3.96. The van der Waals surface area contributed by atoms with E-state index in [0.717, 1.165) is 12.3 Å². The first-order valence-electron chi connectivity index (χ1n) is 5.35. The van der Waals surface area contributed by atoms with Gasteiger partial charge >= 0.3 is 11.0 Å². The normalized spacial score (nSPS) is 12.4. The van der Waals surface area contributed by atoms with Crippen molar-refractivity contribution in [2.24, 2.45) is 0 Å². The van der Waals surface area contributed by atoms with E-state index in [4.69, 9.17) is 0 Å². The van der Waals surface area contributed by atoms with E-state index < -0.39 is 26.8 Å². The van der Waals surface area contributed by atoms with E-state index in [1.165, 1.54) is 6.92 Å². The number of alkyl halides is 3. The van der Waals surface area contributed by atoms with Crippen molar-refractivity contribution < 1.29 is 21.6 Å². The van der Waals surface area contributed by atoms with Crippen molar-refractivity contribution in [3.05, 3.63) is 39.4 Å². The van der Waals surface area contributed by atoms with Gasteiger partial charge in [-0.2, -0.15) is 13.2 Å². The summed E-state index contributed by atoms with van der Waals surface area (Å²) >= 11 is 0.486. The van der Waals surface area contributed by atoms with Crippen LogP contribution in [-0.2, 0) is 16.2 Å². The number of H-pyrrole nitrogens is 1. The van der Waals surface area contributed by atoms with Crippen LogP contribution in [0.2, 0.25) is 0 Å². The van der Waals surface area contributed by atoms with Gasteiger partial charge < -0.3 is 4.98 Å². The summed E-state index contributed by atoms with van der Waals surface area (Å²) in [6, 6.07) is 1.60. The molecule has 0 aliphatic carbocycles. The Labute approximate surface area is 120 Å². The molecule has 0 saturated carbocycles. The molecule has 0 bridgehead atoms. The molecular formula is C10H8F3N3O3S2. The number of hydrogen-bond donors (Lipinski definition) is 2. The number of anilines is 1. The summed E-state index contributed by atoms with van der Waals surface area (Å²) in [5.41, 5.74) is -1.12. The molecule has 6 nitrogen and oxygen atoms in total. The Balaban J connectivity index is 2.29. The average molecular weight is 339 g/mol. The van der Waals surface area contributed by atoms with Crippen LogP contribution >= 0.6 is 11.3 Å². The molecule has 114 valence electrons. The number of nitrogens with zero attached hydrogens (tertiary/aromatic N) is 1. The van der Waals surface area contributed by atoms with Crippen LogP contribution in [0.5, 0.6) is 0 Å². The van der Waals surface area contributed by atoms with Crippen molar-refractivity contribution >= 4 is 27.0 Å². The Kier molecular flexibility index (Phi) is 3.80. The molecule has 11 heteroatoms. The van der Waals surface area contributed by atoms with Crippen LogP contribution < -0.4 is 9.60 Å². The minimum atomic E-state index is -4.60. The molecule has 0 amide bonds. The Morgan fingerprint density at radius 3 is 2.43 bits per heavy atom. The first kappa shape index (κ1) is 15.5. The summed E-state index contributed by atoms with van der Waals surface area (Å²) in [6.07, 6.45) is -3.85. The minimum Gasteiger partial charge on any atom is -0.315 e. The second-order valence-corrected chi connectivity index (χ2v) is 6.82.